The summed E-state index contributed by atoms with van der Waals surface area (Å²) in [5, 5.41) is 28.7. The molecular formula is C20H35N5O7S. The number of hydrogen-bond donors (Lipinski definition) is 7. The van der Waals surface area contributed by atoms with E-state index in [1.807, 2.05) is 6.26 Å². The molecule has 12 nitrogen and oxygen atoms in total. The number of rotatable bonds is 16. The number of aliphatic carboxylic acids is 2. The predicted molar refractivity (Wildman–Crippen MR) is 123 cm³/mol. The van der Waals surface area contributed by atoms with E-state index in [1.54, 1.807) is 0 Å². The second-order valence-corrected chi connectivity index (χ2v) is 8.82. The largest absolute Gasteiger partial charge is 0.481 e. The summed E-state index contributed by atoms with van der Waals surface area (Å²) in [5.41, 5.74) is 5.50. The zero-order chi connectivity index (χ0) is 24.8. The fourth-order valence-corrected chi connectivity index (χ4v) is 3.84. The Balaban J connectivity index is 2.89. The van der Waals surface area contributed by atoms with Crippen LogP contribution in [0.25, 0.3) is 0 Å². The van der Waals surface area contributed by atoms with Crippen LogP contribution in [0.3, 0.4) is 0 Å². The highest BCUT2D eigenvalue weighted by Gasteiger charge is 2.31. The molecule has 4 atom stereocenters. The molecule has 13 heteroatoms. The number of carbonyl (C=O) groups excluding carboxylic acids is 3. The molecule has 1 rings (SSSR count). The Kier molecular flexibility index (Phi) is 13.4. The lowest BCUT2D eigenvalue weighted by atomic mass is 10.1. The molecule has 0 aromatic heterocycles. The van der Waals surface area contributed by atoms with E-state index in [0.29, 0.717) is 38.0 Å². The van der Waals surface area contributed by atoms with Crippen LogP contribution in [-0.4, -0.2) is 89.1 Å². The Morgan fingerprint density at radius 1 is 1.00 bits per heavy atom. The molecule has 3 amide bonds. The molecule has 1 aliphatic heterocycles. The maximum Gasteiger partial charge on any atom is 0.326 e. The lowest BCUT2D eigenvalue weighted by Gasteiger charge is -2.25. The Bertz CT molecular complexity index is 688. The van der Waals surface area contributed by atoms with Gasteiger partial charge in [0.15, 0.2) is 0 Å². The smallest absolute Gasteiger partial charge is 0.326 e. The van der Waals surface area contributed by atoms with E-state index in [2.05, 4.69) is 21.3 Å². The molecule has 0 saturated carbocycles. The summed E-state index contributed by atoms with van der Waals surface area (Å²) in [5.74, 6) is -3.93. The van der Waals surface area contributed by atoms with Crippen molar-refractivity contribution in [3.8, 4) is 0 Å². The summed E-state index contributed by atoms with van der Waals surface area (Å²) < 4.78 is 0. The first-order valence-electron chi connectivity index (χ1n) is 11.0. The lowest BCUT2D eigenvalue weighted by molar-refractivity contribution is -0.147. The lowest BCUT2D eigenvalue weighted by Crippen LogP contribution is -2.57. The van der Waals surface area contributed by atoms with Crippen molar-refractivity contribution in [2.45, 2.75) is 69.1 Å². The van der Waals surface area contributed by atoms with E-state index in [-0.39, 0.29) is 18.4 Å². The number of nitrogens with one attached hydrogen (secondary N) is 4. The van der Waals surface area contributed by atoms with Gasteiger partial charge in [-0.1, -0.05) is 0 Å². The molecule has 1 saturated heterocycles. The van der Waals surface area contributed by atoms with Crippen LogP contribution in [0.2, 0.25) is 0 Å². The maximum absolute atomic E-state index is 13.0. The van der Waals surface area contributed by atoms with E-state index < -0.39 is 48.3 Å². The normalized spacial score (nSPS) is 18.1. The van der Waals surface area contributed by atoms with Gasteiger partial charge in [-0.25, -0.2) is 4.79 Å². The summed E-state index contributed by atoms with van der Waals surface area (Å²) in [6.07, 6.45) is 4.20. The number of unbranched alkanes of at least 4 members (excludes halogenated alkanes) is 1. The van der Waals surface area contributed by atoms with E-state index in [4.69, 9.17) is 10.8 Å². The third-order valence-corrected chi connectivity index (χ3v) is 5.84. The second-order valence-electron chi connectivity index (χ2n) is 7.83. The Hall–Kier alpha value is -2.38. The van der Waals surface area contributed by atoms with Gasteiger partial charge in [0.25, 0.3) is 0 Å². The average Bonchev–Trinajstić information content (AvgIpc) is 3.30. The van der Waals surface area contributed by atoms with Gasteiger partial charge in [-0.15, -0.1) is 0 Å². The SMILES string of the molecule is CSCCC(NC(=O)C1CCCN1)C(=O)NC(CCCCN)C(=O)NC(CC(=O)O)C(=O)O. The van der Waals surface area contributed by atoms with Crippen LogP contribution in [0.15, 0.2) is 0 Å². The number of hydrogen-bond acceptors (Lipinski definition) is 8. The van der Waals surface area contributed by atoms with Gasteiger partial charge in [-0.05, 0) is 63.6 Å². The Labute approximate surface area is 197 Å². The van der Waals surface area contributed by atoms with Crippen molar-refractivity contribution in [1.29, 1.82) is 0 Å². The third kappa shape index (κ3) is 10.9. The molecule has 0 aromatic rings. The van der Waals surface area contributed by atoms with Crippen LogP contribution in [0.5, 0.6) is 0 Å². The highest BCUT2D eigenvalue weighted by atomic mass is 32.2. The topological polar surface area (TPSA) is 200 Å². The quantitative estimate of drug-likeness (QED) is 0.127. The van der Waals surface area contributed by atoms with Gasteiger partial charge in [0.05, 0.1) is 12.5 Å². The fraction of sp³-hybridized carbons (Fsp3) is 0.750. The molecule has 33 heavy (non-hydrogen) atoms. The number of carbonyl (C=O) groups is 5. The highest BCUT2D eigenvalue weighted by molar-refractivity contribution is 7.98. The van der Waals surface area contributed by atoms with Crippen molar-refractivity contribution in [3.63, 3.8) is 0 Å². The second kappa shape index (κ2) is 15.5. The first-order chi connectivity index (χ1) is 15.7. The molecule has 1 heterocycles. The number of nitrogens with two attached hydrogens (primary N) is 1. The molecule has 0 radical (unpaired) electrons. The number of amides is 3. The predicted octanol–water partition coefficient (Wildman–Crippen LogP) is -1.37. The summed E-state index contributed by atoms with van der Waals surface area (Å²) in [6.45, 7) is 1.10. The van der Waals surface area contributed by atoms with Crippen molar-refractivity contribution < 1.29 is 34.2 Å². The molecular weight excluding hydrogens is 454 g/mol. The zero-order valence-electron chi connectivity index (χ0n) is 18.8. The highest BCUT2D eigenvalue weighted by Crippen LogP contribution is 2.09. The summed E-state index contributed by atoms with van der Waals surface area (Å²) >= 11 is 1.51. The maximum atomic E-state index is 13.0. The van der Waals surface area contributed by atoms with Gasteiger partial charge >= 0.3 is 11.9 Å². The van der Waals surface area contributed by atoms with Gasteiger partial charge in [0.1, 0.15) is 18.1 Å². The van der Waals surface area contributed by atoms with E-state index >= 15 is 0 Å². The van der Waals surface area contributed by atoms with Gasteiger partial charge in [-0.2, -0.15) is 11.8 Å². The van der Waals surface area contributed by atoms with Crippen LogP contribution >= 0.6 is 11.8 Å². The molecule has 1 fully saturated rings. The van der Waals surface area contributed by atoms with Gasteiger partial charge in [0.2, 0.25) is 17.7 Å². The molecule has 8 N–H and O–H groups in total. The van der Waals surface area contributed by atoms with Crippen LogP contribution < -0.4 is 27.0 Å². The first kappa shape index (κ1) is 28.7. The molecule has 4 unspecified atom stereocenters. The van der Waals surface area contributed by atoms with E-state index in [0.717, 1.165) is 13.0 Å². The fourth-order valence-electron chi connectivity index (χ4n) is 3.37. The van der Waals surface area contributed by atoms with E-state index in [1.165, 1.54) is 11.8 Å². The van der Waals surface area contributed by atoms with Crippen molar-refractivity contribution in [2.75, 3.05) is 25.1 Å². The molecule has 0 bridgehead atoms. The minimum absolute atomic E-state index is 0.182. The summed E-state index contributed by atoms with van der Waals surface area (Å²) in [4.78, 5) is 60.4. The van der Waals surface area contributed by atoms with Gasteiger partial charge in [-0.3, -0.25) is 19.2 Å². The number of thioether (sulfide) groups is 1. The first-order valence-corrected chi connectivity index (χ1v) is 12.4. The third-order valence-electron chi connectivity index (χ3n) is 5.19. The number of carboxylic acids is 2. The monoisotopic (exact) mass is 489 g/mol. The van der Waals surface area contributed by atoms with Crippen molar-refractivity contribution in [2.24, 2.45) is 5.73 Å². The average molecular weight is 490 g/mol. The van der Waals surface area contributed by atoms with Crippen LogP contribution in [-0.2, 0) is 24.0 Å². The van der Waals surface area contributed by atoms with Crippen LogP contribution in [0.1, 0.15) is 44.9 Å². The van der Waals surface area contributed by atoms with Crippen molar-refractivity contribution in [1.82, 2.24) is 21.3 Å². The molecule has 188 valence electrons. The molecule has 0 aliphatic carbocycles. The van der Waals surface area contributed by atoms with Crippen molar-refractivity contribution >= 4 is 41.4 Å². The summed E-state index contributed by atoms with van der Waals surface area (Å²) in [7, 11) is 0. The zero-order valence-corrected chi connectivity index (χ0v) is 19.6. The molecule has 1 aliphatic rings. The molecule has 0 spiro atoms. The Morgan fingerprint density at radius 3 is 2.15 bits per heavy atom. The minimum Gasteiger partial charge on any atom is -0.481 e. The summed E-state index contributed by atoms with van der Waals surface area (Å²) in [6, 6.07) is -3.97. The van der Waals surface area contributed by atoms with E-state index in [9.17, 15) is 29.1 Å². The standard InChI is InChI=1S/C20H35N5O7S/c1-33-10-7-14(24-17(28)12-6-4-9-22-12)19(30)23-13(5-2-3-8-21)18(29)25-15(20(31)32)11-16(26)27/h12-15,22H,2-11,21H2,1H3,(H,23,30)(H,24,28)(H,25,29)(H,26,27)(H,31,32). The van der Waals surface area contributed by atoms with Crippen LogP contribution in [0, 0.1) is 0 Å². The Morgan fingerprint density at radius 2 is 1.64 bits per heavy atom. The minimum atomic E-state index is -1.63. The number of carboxylic acid groups (broad SMARTS) is 2. The van der Waals surface area contributed by atoms with Gasteiger partial charge in [0, 0.05) is 0 Å². The van der Waals surface area contributed by atoms with Crippen LogP contribution in [0.4, 0.5) is 0 Å². The van der Waals surface area contributed by atoms with Crippen molar-refractivity contribution in [3.05, 3.63) is 0 Å². The molecule has 0 aromatic carbocycles. The van der Waals surface area contributed by atoms with Gasteiger partial charge < -0.3 is 37.2 Å².